The van der Waals surface area contributed by atoms with E-state index in [2.05, 4.69) is 18.6 Å². The van der Waals surface area contributed by atoms with Crippen molar-refractivity contribution in [2.45, 2.75) is 32.6 Å². The molecule has 0 nitrogen and oxygen atoms in total. The molecule has 0 fully saturated rings. The Kier molecular flexibility index (Phi) is 8.37. The Labute approximate surface area is 61.2 Å². The molecule has 0 aliphatic carbocycles. The van der Waals surface area contributed by atoms with Crippen molar-refractivity contribution < 1.29 is 0 Å². The first-order chi connectivity index (χ1) is 3.91. The molecule has 0 saturated heterocycles. The Morgan fingerprint density at radius 2 is 2.00 bits per heavy atom. The standard InChI is InChI=1S/C6H14S2/c1-2-3-4-5-6-8-7/h7H,2-6H2,1H3. The molecule has 0 rings (SSSR count). The lowest BCUT2D eigenvalue weighted by molar-refractivity contribution is 0.707. The van der Waals surface area contributed by atoms with Gasteiger partial charge in [0.25, 0.3) is 0 Å². The van der Waals surface area contributed by atoms with E-state index in [9.17, 15) is 0 Å². The highest BCUT2D eigenvalue weighted by molar-refractivity contribution is 8.68. The van der Waals surface area contributed by atoms with Gasteiger partial charge in [0.1, 0.15) is 0 Å². The number of hydrogen-bond donors (Lipinski definition) is 1. The Balaban J connectivity index is 2.53. The van der Waals surface area contributed by atoms with Crippen LogP contribution < -0.4 is 0 Å². The smallest absolute Gasteiger partial charge is 0.00345 e. The Morgan fingerprint density at radius 1 is 1.25 bits per heavy atom. The minimum absolute atomic E-state index is 1.21. The first kappa shape index (κ1) is 8.70. The first-order valence-electron chi connectivity index (χ1n) is 3.18. The van der Waals surface area contributed by atoms with Gasteiger partial charge in [0, 0.05) is 5.75 Å². The summed E-state index contributed by atoms with van der Waals surface area (Å²) in [4.78, 5) is 0. The molecule has 0 aliphatic rings. The highest BCUT2D eigenvalue weighted by atomic mass is 33.1. The monoisotopic (exact) mass is 150 g/mol. The molecule has 0 heterocycles. The van der Waals surface area contributed by atoms with Crippen molar-refractivity contribution in [2.75, 3.05) is 5.75 Å². The molecule has 0 radical (unpaired) electrons. The van der Waals surface area contributed by atoms with Crippen LogP contribution in [0, 0.1) is 0 Å². The third-order valence-corrected chi connectivity index (χ3v) is 2.11. The second kappa shape index (κ2) is 7.70. The van der Waals surface area contributed by atoms with Crippen molar-refractivity contribution >= 4 is 22.5 Å². The van der Waals surface area contributed by atoms with Crippen LogP contribution in [0.25, 0.3) is 0 Å². The zero-order valence-corrected chi connectivity index (χ0v) is 7.10. The molecule has 0 bridgehead atoms. The van der Waals surface area contributed by atoms with Gasteiger partial charge in [-0.3, -0.25) is 0 Å². The van der Waals surface area contributed by atoms with E-state index in [4.69, 9.17) is 0 Å². The molecule has 0 N–H and O–H groups in total. The third kappa shape index (κ3) is 6.70. The Hall–Kier alpha value is 0.700. The van der Waals surface area contributed by atoms with Crippen molar-refractivity contribution in [1.82, 2.24) is 0 Å². The fraction of sp³-hybridized carbons (Fsp3) is 1.00. The van der Waals surface area contributed by atoms with Gasteiger partial charge < -0.3 is 0 Å². The summed E-state index contributed by atoms with van der Waals surface area (Å²) in [5.41, 5.74) is 0. The van der Waals surface area contributed by atoms with Crippen LogP contribution in [0.2, 0.25) is 0 Å². The van der Waals surface area contributed by atoms with Crippen molar-refractivity contribution in [3.63, 3.8) is 0 Å². The Bertz CT molecular complexity index is 31.5. The number of hydrogen-bond acceptors (Lipinski definition) is 2. The van der Waals surface area contributed by atoms with Gasteiger partial charge >= 0.3 is 0 Å². The van der Waals surface area contributed by atoms with E-state index in [1.165, 1.54) is 31.4 Å². The highest BCUT2D eigenvalue weighted by Gasteiger charge is 1.84. The van der Waals surface area contributed by atoms with E-state index in [0.717, 1.165) is 0 Å². The molecule has 0 aliphatic heterocycles. The molecule has 0 aromatic rings. The summed E-state index contributed by atoms with van der Waals surface area (Å²) in [6, 6.07) is 0. The summed E-state index contributed by atoms with van der Waals surface area (Å²) >= 11 is 4.04. The van der Waals surface area contributed by atoms with Crippen LogP contribution in [0.5, 0.6) is 0 Å². The first-order valence-corrected chi connectivity index (χ1v) is 5.22. The van der Waals surface area contributed by atoms with E-state index in [1.807, 2.05) is 0 Å². The van der Waals surface area contributed by atoms with Crippen molar-refractivity contribution in [1.29, 1.82) is 0 Å². The maximum Gasteiger partial charge on any atom is 0.00345 e. The fourth-order valence-electron chi connectivity index (χ4n) is 0.593. The summed E-state index contributed by atoms with van der Waals surface area (Å²) in [5.74, 6) is 1.21. The quantitative estimate of drug-likeness (QED) is 0.357. The topological polar surface area (TPSA) is 0 Å². The maximum absolute atomic E-state index is 4.04. The van der Waals surface area contributed by atoms with Crippen molar-refractivity contribution in [3.8, 4) is 0 Å². The van der Waals surface area contributed by atoms with Gasteiger partial charge in [0.15, 0.2) is 0 Å². The molecule has 0 saturated carbocycles. The van der Waals surface area contributed by atoms with E-state index in [0.29, 0.717) is 0 Å². The average molecular weight is 150 g/mol. The van der Waals surface area contributed by atoms with Gasteiger partial charge in [-0.2, -0.15) is 0 Å². The van der Waals surface area contributed by atoms with Gasteiger partial charge in [-0.15, -0.1) is 11.7 Å². The molecule has 0 spiro atoms. The Morgan fingerprint density at radius 3 is 2.50 bits per heavy atom. The molecular formula is C6H14S2. The SMILES string of the molecule is CCCCCCSS. The minimum Gasteiger partial charge on any atom is -0.111 e. The summed E-state index contributed by atoms with van der Waals surface area (Å²) in [6.07, 6.45) is 5.43. The predicted octanol–water partition coefficient (Wildman–Crippen LogP) is 3.14. The van der Waals surface area contributed by atoms with E-state index < -0.39 is 0 Å². The van der Waals surface area contributed by atoms with Crippen LogP contribution in [0.15, 0.2) is 0 Å². The summed E-state index contributed by atoms with van der Waals surface area (Å²) < 4.78 is 0. The zero-order valence-electron chi connectivity index (χ0n) is 5.39. The highest BCUT2D eigenvalue weighted by Crippen LogP contribution is 2.09. The molecule has 0 unspecified atom stereocenters. The van der Waals surface area contributed by atoms with Gasteiger partial charge in [-0.25, -0.2) is 0 Å². The third-order valence-electron chi connectivity index (χ3n) is 1.09. The van der Waals surface area contributed by atoms with E-state index in [1.54, 1.807) is 10.8 Å². The van der Waals surface area contributed by atoms with Crippen LogP contribution in [0.1, 0.15) is 32.6 Å². The predicted molar refractivity (Wildman–Crippen MR) is 45.6 cm³/mol. The van der Waals surface area contributed by atoms with Crippen LogP contribution in [0.3, 0.4) is 0 Å². The largest absolute Gasteiger partial charge is 0.111 e. The molecule has 0 aromatic heterocycles. The molecule has 8 heavy (non-hydrogen) atoms. The number of thiol groups is 1. The number of unbranched alkanes of at least 4 members (excludes halogenated alkanes) is 3. The molecule has 0 amide bonds. The lowest BCUT2D eigenvalue weighted by Crippen LogP contribution is -1.76. The van der Waals surface area contributed by atoms with Crippen molar-refractivity contribution in [3.05, 3.63) is 0 Å². The molecule has 2 heteroatoms. The summed E-state index contributed by atoms with van der Waals surface area (Å²) in [5, 5.41) is 0. The second-order valence-corrected chi connectivity index (χ2v) is 3.33. The maximum atomic E-state index is 4.04. The van der Waals surface area contributed by atoms with Crippen LogP contribution in [0.4, 0.5) is 0 Å². The lowest BCUT2D eigenvalue weighted by atomic mass is 10.2. The summed E-state index contributed by atoms with van der Waals surface area (Å²) in [6.45, 7) is 2.23. The molecule has 50 valence electrons. The van der Waals surface area contributed by atoms with Gasteiger partial charge in [-0.05, 0) is 6.42 Å². The van der Waals surface area contributed by atoms with Crippen molar-refractivity contribution in [2.24, 2.45) is 0 Å². The van der Waals surface area contributed by atoms with Crippen LogP contribution in [-0.2, 0) is 0 Å². The number of rotatable bonds is 5. The van der Waals surface area contributed by atoms with Gasteiger partial charge in [0.05, 0.1) is 0 Å². The molecular weight excluding hydrogens is 136 g/mol. The second-order valence-electron chi connectivity index (χ2n) is 1.89. The van der Waals surface area contributed by atoms with Gasteiger partial charge in [-0.1, -0.05) is 37.0 Å². The van der Waals surface area contributed by atoms with Crippen LogP contribution >= 0.6 is 22.5 Å². The van der Waals surface area contributed by atoms with E-state index in [-0.39, 0.29) is 0 Å². The van der Waals surface area contributed by atoms with E-state index >= 15 is 0 Å². The van der Waals surface area contributed by atoms with Crippen LogP contribution in [-0.4, -0.2) is 5.75 Å². The average Bonchev–Trinajstić information content (AvgIpc) is 1.81. The lowest BCUT2D eigenvalue weighted by Gasteiger charge is -1.93. The normalized spacial score (nSPS) is 9.75. The van der Waals surface area contributed by atoms with Gasteiger partial charge in [0.2, 0.25) is 0 Å². The zero-order chi connectivity index (χ0) is 6.24. The summed E-state index contributed by atoms with van der Waals surface area (Å²) in [7, 11) is 1.65. The molecule has 0 atom stereocenters. The molecule has 0 aromatic carbocycles. The minimum atomic E-state index is 1.21. The fourth-order valence-corrected chi connectivity index (χ4v) is 1.31.